The Morgan fingerprint density at radius 2 is 1.77 bits per heavy atom. The molecule has 0 aromatic heterocycles. The fourth-order valence-electron chi connectivity index (χ4n) is 3.95. The van der Waals surface area contributed by atoms with Gasteiger partial charge in [-0.05, 0) is 29.7 Å². The molecular weight excluding hydrogens is 392 g/mol. The summed E-state index contributed by atoms with van der Waals surface area (Å²) in [4.78, 5) is 28.9. The third-order valence-electron chi connectivity index (χ3n) is 6.09. The number of amides is 2. The third-order valence-corrected chi connectivity index (χ3v) is 6.09. The first-order chi connectivity index (χ1) is 14.8. The SMILES string of the molecule is CC(=O)N(C)C[C@@H]1OCc2ccccc2-c2ccccc2C(=O)N([C@@H](C)CO)C[C@H]1C. The second-order valence-corrected chi connectivity index (χ2v) is 8.42. The highest BCUT2D eigenvalue weighted by molar-refractivity contribution is 6.01. The Morgan fingerprint density at radius 1 is 1.16 bits per heavy atom. The van der Waals surface area contributed by atoms with Crippen molar-refractivity contribution in [1.82, 2.24) is 9.80 Å². The van der Waals surface area contributed by atoms with Crippen molar-refractivity contribution in [2.24, 2.45) is 5.92 Å². The summed E-state index contributed by atoms with van der Waals surface area (Å²) in [5.41, 5.74) is 3.42. The molecule has 3 atom stereocenters. The second-order valence-electron chi connectivity index (χ2n) is 8.42. The molecule has 2 aromatic rings. The molecule has 2 aromatic carbocycles. The minimum absolute atomic E-state index is 0.0328. The van der Waals surface area contributed by atoms with E-state index in [2.05, 4.69) is 0 Å². The van der Waals surface area contributed by atoms with E-state index in [-0.39, 0.29) is 36.5 Å². The molecule has 1 N–H and O–H groups in total. The van der Waals surface area contributed by atoms with E-state index >= 15 is 0 Å². The molecule has 0 aliphatic carbocycles. The highest BCUT2D eigenvalue weighted by Gasteiger charge is 2.30. The van der Waals surface area contributed by atoms with E-state index < -0.39 is 0 Å². The van der Waals surface area contributed by atoms with Gasteiger partial charge in [0.05, 0.1) is 25.4 Å². The molecule has 0 unspecified atom stereocenters. The van der Waals surface area contributed by atoms with Crippen molar-refractivity contribution in [2.45, 2.75) is 39.5 Å². The molecule has 166 valence electrons. The van der Waals surface area contributed by atoms with Crippen molar-refractivity contribution in [3.8, 4) is 11.1 Å². The normalized spacial score (nSPS) is 20.3. The van der Waals surface area contributed by atoms with Gasteiger partial charge in [-0.3, -0.25) is 9.59 Å². The number of hydrogen-bond donors (Lipinski definition) is 1. The summed E-state index contributed by atoms with van der Waals surface area (Å²) in [6.07, 6.45) is -0.260. The van der Waals surface area contributed by atoms with E-state index in [0.29, 0.717) is 25.3 Å². The van der Waals surface area contributed by atoms with Crippen LogP contribution >= 0.6 is 0 Å². The van der Waals surface area contributed by atoms with Gasteiger partial charge in [0.15, 0.2) is 0 Å². The summed E-state index contributed by atoms with van der Waals surface area (Å²) >= 11 is 0. The van der Waals surface area contributed by atoms with Crippen molar-refractivity contribution in [3.63, 3.8) is 0 Å². The van der Waals surface area contributed by atoms with E-state index in [1.165, 1.54) is 6.92 Å². The van der Waals surface area contributed by atoms with Crippen molar-refractivity contribution < 1.29 is 19.4 Å². The Labute approximate surface area is 184 Å². The van der Waals surface area contributed by atoms with Crippen LogP contribution in [-0.2, 0) is 16.1 Å². The predicted octanol–water partition coefficient (Wildman–Crippen LogP) is 3.19. The summed E-state index contributed by atoms with van der Waals surface area (Å²) in [5.74, 6) is -0.189. The molecular formula is C25H32N2O4. The summed E-state index contributed by atoms with van der Waals surface area (Å²) in [6, 6.07) is 15.2. The Balaban J connectivity index is 2.10. The largest absolute Gasteiger partial charge is 0.394 e. The summed E-state index contributed by atoms with van der Waals surface area (Å²) < 4.78 is 6.35. The van der Waals surface area contributed by atoms with Gasteiger partial charge >= 0.3 is 0 Å². The molecule has 0 saturated carbocycles. The van der Waals surface area contributed by atoms with Gasteiger partial charge < -0.3 is 19.6 Å². The molecule has 3 rings (SSSR count). The lowest BCUT2D eigenvalue weighted by atomic mass is 9.94. The van der Waals surface area contributed by atoms with Crippen molar-refractivity contribution in [1.29, 1.82) is 0 Å². The third kappa shape index (κ3) is 5.14. The van der Waals surface area contributed by atoms with Gasteiger partial charge in [0.25, 0.3) is 5.91 Å². The maximum absolute atomic E-state index is 13.7. The zero-order valence-corrected chi connectivity index (χ0v) is 18.7. The minimum Gasteiger partial charge on any atom is -0.394 e. The van der Waals surface area contributed by atoms with Crippen LogP contribution in [0.2, 0.25) is 0 Å². The number of carbonyl (C=O) groups excluding carboxylic acids is 2. The molecule has 1 aliphatic heterocycles. The average molecular weight is 425 g/mol. The molecule has 1 heterocycles. The number of ether oxygens (including phenoxy) is 1. The molecule has 0 bridgehead atoms. The minimum atomic E-state index is -0.342. The van der Waals surface area contributed by atoms with E-state index in [1.807, 2.05) is 62.4 Å². The number of hydrogen-bond acceptors (Lipinski definition) is 4. The zero-order valence-electron chi connectivity index (χ0n) is 18.7. The lowest BCUT2D eigenvalue weighted by Gasteiger charge is -2.35. The Morgan fingerprint density at radius 3 is 2.42 bits per heavy atom. The fourth-order valence-corrected chi connectivity index (χ4v) is 3.95. The van der Waals surface area contributed by atoms with Gasteiger partial charge in [-0.1, -0.05) is 49.4 Å². The number of likely N-dealkylation sites (N-methyl/N-ethyl adjacent to an activating group) is 1. The Kier molecular flexibility index (Phi) is 7.46. The topological polar surface area (TPSA) is 70.1 Å². The van der Waals surface area contributed by atoms with Crippen LogP contribution in [-0.4, -0.2) is 65.6 Å². The van der Waals surface area contributed by atoms with E-state index in [4.69, 9.17) is 4.74 Å². The lowest BCUT2D eigenvalue weighted by Crippen LogP contribution is -2.47. The van der Waals surface area contributed by atoms with Crippen LogP contribution < -0.4 is 0 Å². The van der Waals surface area contributed by atoms with E-state index in [9.17, 15) is 14.7 Å². The van der Waals surface area contributed by atoms with Crippen LogP contribution in [0.4, 0.5) is 0 Å². The van der Waals surface area contributed by atoms with Gasteiger partial charge in [-0.25, -0.2) is 0 Å². The quantitative estimate of drug-likeness (QED) is 0.818. The van der Waals surface area contributed by atoms with Gasteiger partial charge in [-0.15, -0.1) is 0 Å². The number of carbonyl (C=O) groups is 2. The van der Waals surface area contributed by atoms with Crippen LogP contribution in [0.15, 0.2) is 48.5 Å². The maximum Gasteiger partial charge on any atom is 0.254 e. The highest BCUT2D eigenvalue weighted by Crippen LogP contribution is 2.31. The predicted molar refractivity (Wildman–Crippen MR) is 121 cm³/mol. The molecule has 6 nitrogen and oxygen atoms in total. The molecule has 0 radical (unpaired) electrons. The summed E-state index contributed by atoms with van der Waals surface area (Å²) in [6.45, 7) is 6.51. The van der Waals surface area contributed by atoms with Crippen LogP contribution in [0.1, 0.15) is 36.7 Å². The molecule has 0 fully saturated rings. The molecule has 31 heavy (non-hydrogen) atoms. The smallest absolute Gasteiger partial charge is 0.254 e. The summed E-state index contributed by atoms with van der Waals surface area (Å²) in [7, 11) is 1.76. The number of aliphatic hydroxyl groups is 1. The van der Waals surface area contributed by atoms with Crippen molar-refractivity contribution in [2.75, 3.05) is 26.7 Å². The number of nitrogens with zero attached hydrogens (tertiary/aromatic N) is 2. The molecule has 2 amide bonds. The van der Waals surface area contributed by atoms with Gasteiger partial charge in [0, 0.05) is 38.5 Å². The number of rotatable bonds is 4. The Bertz CT molecular complexity index is 929. The van der Waals surface area contributed by atoms with Crippen molar-refractivity contribution in [3.05, 3.63) is 59.7 Å². The van der Waals surface area contributed by atoms with Gasteiger partial charge in [0.1, 0.15) is 0 Å². The second kappa shape index (κ2) is 10.1. The first kappa shape index (κ1) is 23.0. The first-order valence-electron chi connectivity index (χ1n) is 10.8. The van der Waals surface area contributed by atoms with Crippen LogP contribution in [0.3, 0.4) is 0 Å². The molecule has 0 saturated heterocycles. The zero-order chi connectivity index (χ0) is 22.5. The monoisotopic (exact) mass is 424 g/mol. The fraction of sp³-hybridized carbons (Fsp3) is 0.440. The van der Waals surface area contributed by atoms with Crippen LogP contribution in [0.5, 0.6) is 0 Å². The van der Waals surface area contributed by atoms with Crippen molar-refractivity contribution >= 4 is 11.8 Å². The highest BCUT2D eigenvalue weighted by atomic mass is 16.5. The molecule has 6 heteroatoms. The number of aliphatic hydroxyl groups excluding tert-OH is 1. The van der Waals surface area contributed by atoms with Gasteiger partial charge in [0.2, 0.25) is 5.91 Å². The maximum atomic E-state index is 13.7. The molecule has 0 spiro atoms. The lowest BCUT2D eigenvalue weighted by molar-refractivity contribution is -0.130. The van der Waals surface area contributed by atoms with Gasteiger partial charge in [-0.2, -0.15) is 0 Å². The Hall–Kier alpha value is -2.70. The van der Waals surface area contributed by atoms with Crippen LogP contribution in [0.25, 0.3) is 11.1 Å². The van der Waals surface area contributed by atoms with Crippen LogP contribution in [0, 0.1) is 5.92 Å². The number of fused-ring (bicyclic) bond motifs is 3. The molecule has 1 aliphatic rings. The number of benzene rings is 2. The van der Waals surface area contributed by atoms with E-state index in [0.717, 1.165) is 16.7 Å². The van der Waals surface area contributed by atoms with E-state index in [1.54, 1.807) is 16.8 Å². The summed E-state index contributed by atoms with van der Waals surface area (Å²) in [5, 5.41) is 9.85. The average Bonchev–Trinajstić information content (AvgIpc) is 2.79. The first-order valence-corrected chi connectivity index (χ1v) is 10.8. The standard InChI is InChI=1S/C25H32N2O4/c1-17-13-27(18(2)15-28)25(30)23-12-8-7-11-22(23)21-10-6-5-9-20(21)16-31-24(17)14-26(4)19(3)29/h5-12,17-18,24,28H,13-16H2,1-4H3/t17-,18+,24+/m1/s1.